The van der Waals surface area contributed by atoms with Gasteiger partial charge in [-0.2, -0.15) is 17.5 Å². The van der Waals surface area contributed by atoms with E-state index in [1.807, 2.05) is 45.3 Å². The number of thiophene rings is 6. The molecule has 2 aromatic carbocycles. The van der Waals surface area contributed by atoms with Crippen molar-refractivity contribution in [3.05, 3.63) is 71.4 Å². The van der Waals surface area contributed by atoms with E-state index in [-0.39, 0.29) is 0 Å². The molecule has 0 fully saturated rings. The van der Waals surface area contributed by atoms with Crippen molar-refractivity contribution in [1.82, 2.24) is 32.4 Å². The van der Waals surface area contributed by atoms with Gasteiger partial charge in [-0.1, -0.05) is 24.3 Å². The maximum absolute atomic E-state index is 4.81. The van der Waals surface area contributed by atoms with E-state index in [1.165, 1.54) is 93.2 Å². The number of benzene rings is 2. The molecular formula is C36H15N7S8. The average molecular weight is 802 g/mol. The molecule has 3 N–H and O–H groups in total. The molecule has 13 aromatic rings. The normalized spacial score (nSPS) is 12.7. The Morgan fingerprint density at radius 3 is 1.02 bits per heavy atom. The minimum absolute atomic E-state index is 0.962. The van der Waals surface area contributed by atoms with Gasteiger partial charge in [0.1, 0.15) is 22.1 Å². The van der Waals surface area contributed by atoms with Crippen molar-refractivity contribution in [3.8, 4) is 41.8 Å². The van der Waals surface area contributed by atoms with Crippen LogP contribution in [0.1, 0.15) is 0 Å². The number of nitrogens with zero attached hydrogens (tertiary/aromatic N) is 4. The summed E-state index contributed by atoms with van der Waals surface area (Å²) in [4.78, 5) is 15.7. The Morgan fingerprint density at radius 1 is 0.353 bits per heavy atom. The molecule has 0 aliphatic carbocycles. The number of H-pyrrole nitrogens is 3. The molecule has 0 spiro atoms. The van der Waals surface area contributed by atoms with Gasteiger partial charge in [-0.05, 0) is 47.2 Å². The van der Waals surface area contributed by atoms with Crippen LogP contribution in [-0.4, -0.2) is 32.4 Å². The van der Waals surface area contributed by atoms with E-state index in [4.69, 9.17) is 17.5 Å². The second kappa shape index (κ2) is 10.2. The van der Waals surface area contributed by atoms with Crippen molar-refractivity contribution in [2.45, 2.75) is 0 Å². The molecule has 0 radical (unpaired) electrons. The van der Waals surface area contributed by atoms with E-state index in [1.54, 1.807) is 22.7 Å². The minimum Gasteiger partial charge on any atom is -0.353 e. The second-order valence-electron chi connectivity index (χ2n) is 12.4. The third-order valence-corrected chi connectivity index (χ3v) is 17.6. The number of nitrogens with one attached hydrogen (secondary N) is 3. The predicted molar refractivity (Wildman–Crippen MR) is 225 cm³/mol. The van der Waals surface area contributed by atoms with Gasteiger partial charge in [0, 0.05) is 41.8 Å². The molecule has 0 atom stereocenters. The molecule has 0 saturated heterocycles. The lowest BCUT2D eigenvalue weighted by atomic mass is 10.1. The first-order valence-corrected chi connectivity index (χ1v) is 22.2. The van der Waals surface area contributed by atoms with Crippen LogP contribution in [0.25, 0.3) is 125 Å². The summed E-state index contributed by atoms with van der Waals surface area (Å²) in [7, 11) is 0. The van der Waals surface area contributed by atoms with Crippen LogP contribution in [0.2, 0.25) is 0 Å². The lowest BCUT2D eigenvalue weighted by Crippen LogP contribution is -1.82. The van der Waals surface area contributed by atoms with Crippen molar-refractivity contribution in [2.75, 3.05) is 0 Å². The monoisotopic (exact) mass is 801 g/mol. The van der Waals surface area contributed by atoms with Gasteiger partial charge < -0.3 is 15.0 Å². The Kier molecular flexibility index (Phi) is 5.64. The summed E-state index contributed by atoms with van der Waals surface area (Å²) in [5, 5.41) is 4.29. The highest BCUT2D eigenvalue weighted by molar-refractivity contribution is 7.31. The standard InChI is InChI=1S/C36H15N7S8/c1-3-15(29-27(40-50-42-29)13(1)23-9-19-33(46-23)31-17(37-19)5-7-44-31)25-11-21-35(48-25)36-22(39-21)12-26(49-36)16-4-2-14(28-30(16)43-51-41-28)24-10-20-34(47-24)32-18(38-20)6-8-45-32/h1-12,37-39H. The maximum Gasteiger partial charge on any atom is 0.114 e. The minimum atomic E-state index is 0.962. The fourth-order valence-electron chi connectivity index (χ4n) is 7.27. The molecule has 13 rings (SSSR count). The van der Waals surface area contributed by atoms with E-state index >= 15 is 0 Å². The van der Waals surface area contributed by atoms with Gasteiger partial charge in [-0.15, -0.1) is 68.0 Å². The summed E-state index contributed by atoms with van der Waals surface area (Å²) in [6, 6.07) is 22.2. The fraction of sp³-hybridized carbons (Fsp3) is 0. The molecule has 11 aromatic heterocycles. The molecule has 7 nitrogen and oxygen atoms in total. The molecule has 11 heterocycles. The first-order chi connectivity index (χ1) is 25.2. The van der Waals surface area contributed by atoms with Crippen molar-refractivity contribution in [3.63, 3.8) is 0 Å². The van der Waals surface area contributed by atoms with Gasteiger partial charge in [-0.3, -0.25) is 0 Å². The summed E-state index contributed by atoms with van der Waals surface area (Å²) in [6.07, 6.45) is 0. The molecule has 0 aliphatic rings. The number of aromatic nitrogens is 7. The summed E-state index contributed by atoms with van der Waals surface area (Å²) in [5.41, 5.74) is 15.5. The van der Waals surface area contributed by atoms with E-state index in [0.29, 0.717) is 0 Å². The number of hydrogen-bond acceptors (Lipinski definition) is 12. The lowest BCUT2D eigenvalue weighted by molar-refractivity contribution is 1.56. The van der Waals surface area contributed by atoms with E-state index < -0.39 is 0 Å². The first kappa shape index (κ1) is 28.3. The smallest absolute Gasteiger partial charge is 0.114 e. The van der Waals surface area contributed by atoms with Gasteiger partial charge in [0.25, 0.3) is 0 Å². The molecule has 15 heteroatoms. The van der Waals surface area contributed by atoms with Crippen LogP contribution < -0.4 is 0 Å². The average Bonchev–Trinajstić information content (AvgIpc) is 3.94. The SMILES string of the molecule is c1cc2[nH]c3cc(-c4ccc(-c5cc6[nH]c7cc(-c8ccc(-c9cc%10[nH]c%11ccsc%11c%10s9)c9nsnc89)sc7c6s5)c5nsnc45)sc3c2s1. The number of fused-ring (bicyclic) bond motifs is 11. The zero-order chi connectivity index (χ0) is 32.9. The highest BCUT2D eigenvalue weighted by Gasteiger charge is 2.22. The highest BCUT2D eigenvalue weighted by Crippen LogP contribution is 2.49. The Hall–Kier alpha value is -4.32. The van der Waals surface area contributed by atoms with Gasteiger partial charge in [0.2, 0.25) is 0 Å². The summed E-state index contributed by atoms with van der Waals surface area (Å²) in [6.45, 7) is 0. The number of aromatic amines is 3. The van der Waals surface area contributed by atoms with Crippen LogP contribution in [0.3, 0.4) is 0 Å². The van der Waals surface area contributed by atoms with Crippen molar-refractivity contribution in [2.24, 2.45) is 0 Å². The van der Waals surface area contributed by atoms with Crippen molar-refractivity contribution in [1.29, 1.82) is 0 Å². The molecular weight excluding hydrogens is 787 g/mol. The fourth-order valence-corrected chi connectivity index (χ4v) is 15.2. The molecule has 0 aliphatic heterocycles. The van der Waals surface area contributed by atoms with E-state index in [2.05, 4.69) is 86.4 Å². The molecule has 0 saturated carbocycles. The quantitative estimate of drug-likeness (QED) is 0.165. The molecule has 0 bridgehead atoms. The summed E-state index contributed by atoms with van der Waals surface area (Å²) < 4.78 is 27.0. The molecule has 51 heavy (non-hydrogen) atoms. The maximum atomic E-state index is 4.81. The topological polar surface area (TPSA) is 98.9 Å². The van der Waals surface area contributed by atoms with Gasteiger partial charge in [0.15, 0.2) is 0 Å². The predicted octanol–water partition coefficient (Wildman–Crippen LogP) is 13.6. The largest absolute Gasteiger partial charge is 0.353 e. The van der Waals surface area contributed by atoms with Crippen molar-refractivity contribution >= 4 is 175 Å². The van der Waals surface area contributed by atoms with Crippen LogP contribution in [0.4, 0.5) is 0 Å². The van der Waals surface area contributed by atoms with Crippen molar-refractivity contribution < 1.29 is 0 Å². The Balaban J connectivity index is 0.888. The zero-order valence-corrected chi connectivity index (χ0v) is 32.0. The van der Waals surface area contributed by atoms with E-state index in [0.717, 1.165) is 55.4 Å². The second-order valence-corrected chi connectivity index (χ2v) is 19.5. The van der Waals surface area contributed by atoms with Crippen LogP contribution in [0, 0.1) is 0 Å². The first-order valence-electron chi connectivity index (χ1n) is 15.8. The Labute approximate surface area is 317 Å². The van der Waals surface area contributed by atoms with Crippen LogP contribution in [0.5, 0.6) is 0 Å². The molecule has 0 unspecified atom stereocenters. The van der Waals surface area contributed by atoms with Gasteiger partial charge in [0.05, 0.1) is 84.8 Å². The molecule has 0 amide bonds. The third-order valence-electron chi connectivity index (χ3n) is 9.58. The number of rotatable bonds is 4. The van der Waals surface area contributed by atoms with E-state index in [9.17, 15) is 0 Å². The summed E-state index contributed by atoms with van der Waals surface area (Å²) in [5.74, 6) is 0. The molecule has 242 valence electrons. The van der Waals surface area contributed by atoms with Gasteiger partial charge >= 0.3 is 0 Å². The zero-order valence-electron chi connectivity index (χ0n) is 25.5. The summed E-state index contributed by atoms with van der Waals surface area (Å²) >= 11 is 13.4. The van der Waals surface area contributed by atoms with Crippen LogP contribution in [-0.2, 0) is 0 Å². The van der Waals surface area contributed by atoms with Gasteiger partial charge in [-0.25, -0.2) is 0 Å². The Bertz CT molecular complexity index is 3290. The third kappa shape index (κ3) is 3.89. The van der Waals surface area contributed by atoms with Crippen LogP contribution >= 0.6 is 91.5 Å². The highest BCUT2D eigenvalue weighted by atomic mass is 32.1. The lowest BCUT2D eigenvalue weighted by Gasteiger charge is -2.03. The number of hydrogen-bond donors (Lipinski definition) is 3. The van der Waals surface area contributed by atoms with Crippen LogP contribution in [0.15, 0.2) is 71.4 Å². The Morgan fingerprint density at radius 2 is 0.667 bits per heavy atom.